The zero-order valence-electron chi connectivity index (χ0n) is 15.4. The smallest absolute Gasteiger partial charge is 0.186 e. The van der Waals surface area contributed by atoms with Gasteiger partial charge >= 0.3 is 0 Å². The third-order valence-corrected chi connectivity index (χ3v) is 6.34. The average molecular weight is 414 g/mol. The molecule has 0 bridgehead atoms. The molecule has 0 aliphatic carbocycles. The van der Waals surface area contributed by atoms with Crippen molar-refractivity contribution in [3.63, 3.8) is 0 Å². The maximum absolute atomic E-state index is 4.68. The van der Waals surface area contributed by atoms with E-state index in [0.717, 1.165) is 68.8 Å². The molecule has 3 rings (SSSR count). The molecular weight excluding hydrogens is 386 g/mol. The normalized spacial score (nSPS) is 15.4. The Morgan fingerprint density at radius 2 is 2.23 bits per heavy atom. The fourth-order valence-electron chi connectivity index (χ4n) is 2.74. The Hall–Kier alpha value is -0.940. The Labute approximate surface area is 167 Å². The predicted molar refractivity (Wildman–Crippen MR) is 114 cm³/mol. The van der Waals surface area contributed by atoms with E-state index < -0.39 is 0 Å². The summed E-state index contributed by atoms with van der Waals surface area (Å²) in [5, 5.41) is 10.3. The lowest BCUT2D eigenvalue weighted by Crippen LogP contribution is -2.28. The van der Waals surface area contributed by atoms with Gasteiger partial charge in [-0.15, -0.1) is 11.3 Å². The van der Waals surface area contributed by atoms with E-state index in [1.54, 1.807) is 11.3 Å². The number of thiazole rings is 1. The van der Waals surface area contributed by atoms with Crippen LogP contribution in [0.5, 0.6) is 0 Å². The van der Waals surface area contributed by atoms with Gasteiger partial charge in [0.2, 0.25) is 0 Å². The van der Waals surface area contributed by atoms with Crippen molar-refractivity contribution in [3.8, 4) is 0 Å². The summed E-state index contributed by atoms with van der Waals surface area (Å²) in [4.78, 5) is 9.17. The number of hydrogen-bond acceptors (Lipinski definition) is 10. The molecule has 0 radical (unpaired) electrons. The maximum Gasteiger partial charge on any atom is 0.186 e. The summed E-state index contributed by atoms with van der Waals surface area (Å²) in [5.41, 5.74) is 1.19. The van der Waals surface area contributed by atoms with Gasteiger partial charge in [0.15, 0.2) is 11.6 Å². The Morgan fingerprint density at radius 3 is 3.12 bits per heavy atom. The lowest BCUT2D eigenvalue weighted by atomic mass is 10.4. The fraction of sp³-hybridized carbons (Fsp3) is 0.688. The first-order chi connectivity index (χ1) is 12.7. The molecule has 1 aliphatic rings. The van der Waals surface area contributed by atoms with Crippen molar-refractivity contribution in [1.29, 1.82) is 0 Å². The maximum atomic E-state index is 4.68. The Morgan fingerprint density at radius 1 is 1.31 bits per heavy atom. The van der Waals surface area contributed by atoms with Crippen LogP contribution in [0, 0.1) is 0 Å². The number of aromatic nitrogens is 3. The van der Waals surface area contributed by atoms with Crippen LogP contribution in [0.15, 0.2) is 5.38 Å². The van der Waals surface area contributed by atoms with Crippen molar-refractivity contribution >= 4 is 46.5 Å². The molecule has 1 fully saturated rings. The van der Waals surface area contributed by atoms with E-state index in [1.165, 1.54) is 22.4 Å². The summed E-state index contributed by atoms with van der Waals surface area (Å²) >= 11 is 4.95. The second kappa shape index (κ2) is 10.4. The van der Waals surface area contributed by atoms with Crippen LogP contribution in [0.2, 0.25) is 0 Å². The van der Waals surface area contributed by atoms with Crippen LogP contribution in [0.3, 0.4) is 0 Å². The van der Waals surface area contributed by atoms with Crippen LogP contribution in [-0.2, 0) is 12.3 Å². The minimum atomic E-state index is 0.893. The van der Waals surface area contributed by atoms with E-state index in [4.69, 9.17) is 0 Å². The highest BCUT2D eigenvalue weighted by atomic mass is 32.2. The largest absolute Gasteiger partial charge is 0.365 e. The highest BCUT2D eigenvalue weighted by molar-refractivity contribution is 7.98. The first kappa shape index (κ1) is 19.8. The van der Waals surface area contributed by atoms with E-state index in [-0.39, 0.29) is 0 Å². The van der Waals surface area contributed by atoms with Crippen LogP contribution >= 0.6 is 34.8 Å². The molecule has 0 aromatic carbocycles. The molecule has 0 unspecified atom stereocenters. The SMILES string of the molecule is CN(C)Cc1nc(CSCCNc2nsnc2N2CCCNCC2)cs1. The van der Waals surface area contributed by atoms with Crippen LogP contribution in [0.1, 0.15) is 17.1 Å². The van der Waals surface area contributed by atoms with Gasteiger partial charge in [-0.05, 0) is 27.1 Å². The highest BCUT2D eigenvalue weighted by Gasteiger charge is 2.17. The zero-order valence-corrected chi connectivity index (χ0v) is 17.9. The number of anilines is 2. The Kier molecular flexibility index (Phi) is 7.93. The third kappa shape index (κ3) is 6.05. The minimum absolute atomic E-state index is 0.893. The summed E-state index contributed by atoms with van der Waals surface area (Å²) in [6.07, 6.45) is 1.15. The second-order valence-electron chi connectivity index (χ2n) is 6.48. The van der Waals surface area contributed by atoms with E-state index in [9.17, 15) is 0 Å². The lowest BCUT2D eigenvalue weighted by Gasteiger charge is -2.20. The minimum Gasteiger partial charge on any atom is -0.365 e. The molecule has 3 heterocycles. The van der Waals surface area contributed by atoms with Gasteiger partial charge in [-0.3, -0.25) is 0 Å². The third-order valence-electron chi connectivity index (χ3n) is 3.95. The first-order valence-corrected chi connectivity index (χ1v) is 11.7. The van der Waals surface area contributed by atoms with Crippen molar-refractivity contribution in [3.05, 3.63) is 16.1 Å². The summed E-state index contributed by atoms with van der Waals surface area (Å²) in [6.45, 7) is 5.94. The summed E-state index contributed by atoms with van der Waals surface area (Å²) in [7, 11) is 4.15. The summed E-state index contributed by atoms with van der Waals surface area (Å²) in [5.74, 6) is 3.93. The van der Waals surface area contributed by atoms with Crippen molar-refractivity contribution in [2.24, 2.45) is 0 Å². The Bertz CT molecular complexity index is 650. The average Bonchev–Trinajstić information content (AvgIpc) is 3.16. The summed E-state index contributed by atoms with van der Waals surface area (Å²) in [6, 6.07) is 0. The molecule has 0 saturated carbocycles. The number of rotatable bonds is 9. The van der Waals surface area contributed by atoms with E-state index >= 15 is 0 Å². The van der Waals surface area contributed by atoms with Crippen LogP contribution in [-0.4, -0.2) is 71.2 Å². The Balaban J connectivity index is 1.39. The monoisotopic (exact) mass is 413 g/mol. The lowest BCUT2D eigenvalue weighted by molar-refractivity contribution is 0.401. The molecule has 1 aliphatic heterocycles. The van der Waals surface area contributed by atoms with E-state index in [1.807, 2.05) is 11.8 Å². The van der Waals surface area contributed by atoms with Gasteiger partial charge in [-0.2, -0.15) is 20.5 Å². The van der Waals surface area contributed by atoms with Crippen molar-refractivity contribution in [1.82, 2.24) is 23.9 Å². The number of thioether (sulfide) groups is 1. The molecule has 2 aromatic heterocycles. The molecule has 0 atom stereocenters. The zero-order chi connectivity index (χ0) is 18.2. The molecule has 26 heavy (non-hydrogen) atoms. The van der Waals surface area contributed by atoms with Crippen LogP contribution in [0.4, 0.5) is 11.6 Å². The van der Waals surface area contributed by atoms with Crippen LogP contribution in [0.25, 0.3) is 0 Å². The fourth-order valence-corrected chi connectivity index (χ4v) is 5.05. The van der Waals surface area contributed by atoms with Crippen LogP contribution < -0.4 is 15.5 Å². The van der Waals surface area contributed by atoms with Gasteiger partial charge < -0.3 is 20.4 Å². The topological polar surface area (TPSA) is 69.2 Å². The predicted octanol–water partition coefficient (Wildman–Crippen LogP) is 2.20. The molecule has 7 nitrogen and oxygen atoms in total. The number of nitrogens with one attached hydrogen (secondary N) is 2. The second-order valence-corrected chi connectivity index (χ2v) is 9.05. The molecule has 1 saturated heterocycles. The standard InChI is InChI=1S/C16H27N7S3/c1-22(2)10-14-19-13(12-25-14)11-24-9-6-18-15-16(21-26-20-15)23-7-3-4-17-5-8-23/h12,17H,3-11H2,1-2H3,(H,18,20). The van der Waals surface area contributed by atoms with E-state index in [2.05, 4.69) is 53.6 Å². The van der Waals surface area contributed by atoms with Gasteiger partial charge in [0.1, 0.15) is 5.01 Å². The first-order valence-electron chi connectivity index (χ1n) is 8.90. The van der Waals surface area contributed by atoms with Crippen molar-refractivity contribution in [2.75, 3.05) is 62.8 Å². The molecule has 2 aromatic rings. The van der Waals surface area contributed by atoms with Crippen molar-refractivity contribution < 1.29 is 0 Å². The number of nitrogens with zero attached hydrogens (tertiary/aromatic N) is 5. The van der Waals surface area contributed by atoms with Gasteiger partial charge in [0, 0.05) is 49.6 Å². The highest BCUT2D eigenvalue weighted by Crippen LogP contribution is 2.24. The van der Waals surface area contributed by atoms with E-state index in [0.29, 0.717) is 0 Å². The van der Waals surface area contributed by atoms with Gasteiger partial charge in [-0.25, -0.2) is 4.98 Å². The van der Waals surface area contributed by atoms with Gasteiger partial charge in [-0.1, -0.05) is 0 Å². The van der Waals surface area contributed by atoms with Gasteiger partial charge in [0.05, 0.1) is 17.4 Å². The molecule has 0 spiro atoms. The molecule has 144 valence electrons. The van der Waals surface area contributed by atoms with Crippen molar-refractivity contribution in [2.45, 2.75) is 18.7 Å². The quantitative estimate of drug-likeness (QED) is 0.607. The summed E-state index contributed by atoms with van der Waals surface area (Å²) < 4.78 is 8.94. The molecule has 2 N–H and O–H groups in total. The molecule has 0 amide bonds. The molecular formula is C16H27N7S3. The van der Waals surface area contributed by atoms with Gasteiger partial charge in [0.25, 0.3) is 0 Å². The molecule has 10 heteroatoms. The number of hydrogen-bond donors (Lipinski definition) is 2.